The first kappa shape index (κ1) is 18.8. The SMILES string of the molecule is Cc1ccc(-c2csc3ncn(CC(=O)NC4(C#N)CCCCC4)c(=O)c23)s1. The highest BCUT2D eigenvalue weighted by atomic mass is 32.1. The Morgan fingerprint density at radius 3 is 2.82 bits per heavy atom. The minimum absolute atomic E-state index is 0.135. The summed E-state index contributed by atoms with van der Waals surface area (Å²) < 4.78 is 1.34. The molecule has 0 unspecified atom stereocenters. The van der Waals surface area contributed by atoms with E-state index in [2.05, 4.69) is 16.4 Å². The molecule has 144 valence electrons. The van der Waals surface area contributed by atoms with E-state index in [1.165, 1.54) is 27.1 Å². The van der Waals surface area contributed by atoms with Crippen LogP contribution >= 0.6 is 22.7 Å². The highest BCUT2D eigenvalue weighted by Crippen LogP contribution is 2.35. The second-order valence-electron chi connectivity index (χ2n) is 7.22. The van der Waals surface area contributed by atoms with Crippen molar-refractivity contribution < 1.29 is 4.79 Å². The smallest absolute Gasteiger partial charge is 0.263 e. The number of aromatic nitrogens is 2. The molecule has 28 heavy (non-hydrogen) atoms. The highest BCUT2D eigenvalue weighted by Gasteiger charge is 2.33. The molecule has 3 aromatic heterocycles. The van der Waals surface area contributed by atoms with Gasteiger partial charge in [-0.05, 0) is 31.9 Å². The second-order valence-corrected chi connectivity index (χ2v) is 9.37. The standard InChI is InChI=1S/C20H20N4O2S2/c1-13-5-6-15(28-13)14-10-27-18-17(14)19(26)24(12-22-18)9-16(25)23-20(11-21)7-3-2-4-8-20/h5-6,10,12H,2-4,7-9H2,1H3,(H,23,25). The van der Waals surface area contributed by atoms with Gasteiger partial charge in [0, 0.05) is 20.7 Å². The van der Waals surface area contributed by atoms with Crippen molar-refractivity contribution in [3.05, 3.63) is 39.1 Å². The summed E-state index contributed by atoms with van der Waals surface area (Å²) in [6.45, 7) is 1.89. The van der Waals surface area contributed by atoms with Crippen LogP contribution in [0.1, 0.15) is 37.0 Å². The molecule has 4 rings (SSSR count). The van der Waals surface area contributed by atoms with E-state index < -0.39 is 5.54 Å². The summed E-state index contributed by atoms with van der Waals surface area (Å²) >= 11 is 3.06. The average molecular weight is 413 g/mol. The van der Waals surface area contributed by atoms with Crippen molar-refractivity contribution in [3.63, 3.8) is 0 Å². The molecule has 0 atom stereocenters. The van der Waals surface area contributed by atoms with E-state index in [1.54, 1.807) is 11.3 Å². The molecule has 6 nitrogen and oxygen atoms in total. The number of nitrogens with one attached hydrogen (secondary N) is 1. The maximum Gasteiger partial charge on any atom is 0.263 e. The van der Waals surface area contributed by atoms with Gasteiger partial charge in [-0.2, -0.15) is 5.26 Å². The molecule has 0 aromatic carbocycles. The second kappa shape index (κ2) is 7.49. The zero-order chi connectivity index (χ0) is 19.7. The largest absolute Gasteiger partial charge is 0.336 e. The van der Waals surface area contributed by atoms with Crippen molar-refractivity contribution in [3.8, 4) is 16.5 Å². The molecule has 1 aliphatic carbocycles. The number of fused-ring (bicyclic) bond motifs is 1. The molecule has 8 heteroatoms. The number of hydrogen-bond donors (Lipinski definition) is 1. The van der Waals surface area contributed by atoms with Crippen LogP contribution in [0.3, 0.4) is 0 Å². The molecule has 1 aliphatic rings. The number of carbonyl (C=O) groups excluding carboxylic acids is 1. The Balaban J connectivity index is 1.63. The molecular weight excluding hydrogens is 392 g/mol. The van der Waals surface area contributed by atoms with E-state index in [0.29, 0.717) is 23.1 Å². The molecule has 1 fully saturated rings. The van der Waals surface area contributed by atoms with Gasteiger partial charge in [-0.15, -0.1) is 22.7 Å². The monoisotopic (exact) mass is 412 g/mol. The Labute approximate surface area is 170 Å². The number of aryl methyl sites for hydroxylation is 1. The number of thiophene rings is 2. The fourth-order valence-electron chi connectivity index (χ4n) is 3.72. The van der Waals surface area contributed by atoms with Gasteiger partial charge in [-0.3, -0.25) is 14.2 Å². The molecule has 3 aromatic rings. The van der Waals surface area contributed by atoms with Crippen molar-refractivity contribution in [1.82, 2.24) is 14.9 Å². The molecule has 0 bridgehead atoms. The summed E-state index contributed by atoms with van der Waals surface area (Å²) in [7, 11) is 0. The molecule has 0 spiro atoms. The van der Waals surface area contributed by atoms with Crippen LogP contribution in [0.5, 0.6) is 0 Å². The van der Waals surface area contributed by atoms with Crippen molar-refractivity contribution in [2.24, 2.45) is 0 Å². The Hall–Kier alpha value is -2.50. The first-order valence-corrected chi connectivity index (χ1v) is 11.0. The number of rotatable bonds is 4. The Morgan fingerprint density at radius 2 is 2.14 bits per heavy atom. The predicted octanol–water partition coefficient (Wildman–Crippen LogP) is 3.84. The third-order valence-electron chi connectivity index (χ3n) is 5.18. The zero-order valence-corrected chi connectivity index (χ0v) is 17.2. The molecular formula is C20H20N4O2S2. The van der Waals surface area contributed by atoms with E-state index in [-0.39, 0.29) is 18.0 Å². The quantitative estimate of drug-likeness (QED) is 0.705. The number of carbonyl (C=O) groups is 1. The van der Waals surface area contributed by atoms with Gasteiger partial charge in [0.25, 0.3) is 5.56 Å². The normalized spacial score (nSPS) is 16.0. The van der Waals surface area contributed by atoms with Crippen molar-refractivity contribution >= 4 is 38.8 Å². The lowest BCUT2D eigenvalue weighted by molar-refractivity contribution is -0.123. The van der Waals surface area contributed by atoms with Gasteiger partial charge in [-0.1, -0.05) is 19.3 Å². The minimum Gasteiger partial charge on any atom is -0.336 e. The lowest BCUT2D eigenvalue weighted by Gasteiger charge is -2.31. The van der Waals surface area contributed by atoms with Gasteiger partial charge < -0.3 is 5.32 Å². The van der Waals surface area contributed by atoms with Crippen LogP contribution in [0.15, 0.2) is 28.6 Å². The maximum absolute atomic E-state index is 13.1. The Morgan fingerprint density at radius 1 is 1.36 bits per heavy atom. The van der Waals surface area contributed by atoms with Crippen LogP contribution in [0.25, 0.3) is 20.7 Å². The van der Waals surface area contributed by atoms with E-state index >= 15 is 0 Å². The van der Waals surface area contributed by atoms with Crippen LogP contribution in [-0.2, 0) is 11.3 Å². The minimum atomic E-state index is -0.807. The summed E-state index contributed by atoms with van der Waals surface area (Å²) in [5.74, 6) is -0.324. The third-order valence-corrected chi connectivity index (χ3v) is 7.10. The van der Waals surface area contributed by atoms with Gasteiger partial charge >= 0.3 is 0 Å². The molecule has 1 saturated carbocycles. The van der Waals surface area contributed by atoms with Gasteiger partial charge in [0.05, 0.1) is 17.8 Å². The summed E-state index contributed by atoms with van der Waals surface area (Å²) in [5.41, 5.74) is -0.165. The highest BCUT2D eigenvalue weighted by molar-refractivity contribution is 7.19. The van der Waals surface area contributed by atoms with Gasteiger partial charge in [0.2, 0.25) is 5.91 Å². The number of nitriles is 1. The van der Waals surface area contributed by atoms with E-state index in [9.17, 15) is 14.9 Å². The number of amides is 1. The fraction of sp³-hybridized carbons (Fsp3) is 0.400. The first-order valence-electron chi connectivity index (χ1n) is 9.27. The first-order chi connectivity index (χ1) is 13.5. The van der Waals surface area contributed by atoms with Crippen molar-refractivity contribution in [2.75, 3.05) is 0 Å². The van der Waals surface area contributed by atoms with Crippen LogP contribution in [0, 0.1) is 18.3 Å². The van der Waals surface area contributed by atoms with E-state index in [0.717, 1.165) is 29.7 Å². The lowest BCUT2D eigenvalue weighted by atomic mass is 9.83. The Kier molecular flexibility index (Phi) is 5.04. The molecule has 3 heterocycles. The molecule has 0 aliphatic heterocycles. The molecule has 0 radical (unpaired) electrons. The molecule has 0 saturated heterocycles. The van der Waals surface area contributed by atoms with E-state index in [1.807, 2.05) is 24.4 Å². The van der Waals surface area contributed by atoms with Crippen LogP contribution in [-0.4, -0.2) is 21.0 Å². The van der Waals surface area contributed by atoms with E-state index in [4.69, 9.17) is 0 Å². The summed E-state index contributed by atoms with van der Waals surface area (Å²) in [4.78, 5) is 32.9. The van der Waals surface area contributed by atoms with Crippen LogP contribution < -0.4 is 10.9 Å². The van der Waals surface area contributed by atoms with Crippen LogP contribution in [0.4, 0.5) is 0 Å². The van der Waals surface area contributed by atoms with Gasteiger partial charge in [-0.25, -0.2) is 4.98 Å². The number of hydrogen-bond acceptors (Lipinski definition) is 6. The average Bonchev–Trinajstić information content (AvgIpc) is 3.31. The van der Waals surface area contributed by atoms with Crippen LogP contribution in [0.2, 0.25) is 0 Å². The van der Waals surface area contributed by atoms with Crippen molar-refractivity contribution in [2.45, 2.75) is 51.1 Å². The molecule has 1 N–H and O–H groups in total. The third kappa shape index (κ3) is 3.48. The molecule has 1 amide bonds. The topological polar surface area (TPSA) is 87.8 Å². The zero-order valence-electron chi connectivity index (χ0n) is 15.5. The maximum atomic E-state index is 13.1. The van der Waals surface area contributed by atoms with Gasteiger partial charge in [0.1, 0.15) is 16.9 Å². The number of nitrogens with zero attached hydrogens (tertiary/aromatic N) is 3. The van der Waals surface area contributed by atoms with Crippen molar-refractivity contribution in [1.29, 1.82) is 5.26 Å². The summed E-state index contributed by atoms with van der Waals surface area (Å²) in [6.07, 6.45) is 5.69. The Bertz CT molecular complexity index is 1130. The van der Waals surface area contributed by atoms with Gasteiger partial charge in [0.15, 0.2) is 0 Å². The lowest BCUT2D eigenvalue weighted by Crippen LogP contribution is -2.50. The summed E-state index contributed by atoms with van der Waals surface area (Å²) in [6, 6.07) is 6.31. The summed E-state index contributed by atoms with van der Waals surface area (Å²) in [5, 5.41) is 14.9. The fourth-order valence-corrected chi connectivity index (χ4v) is 5.58. The predicted molar refractivity (Wildman–Crippen MR) is 112 cm³/mol.